The Labute approximate surface area is 112 Å². The van der Waals surface area contributed by atoms with Crippen LogP contribution < -0.4 is 0 Å². The van der Waals surface area contributed by atoms with E-state index in [2.05, 4.69) is 5.10 Å². The molecule has 2 aromatic rings. The Bertz CT molecular complexity index is 652. The van der Waals surface area contributed by atoms with Gasteiger partial charge in [-0.05, 0) is 32.9 Å². The van der Waals surface area contributed by atoms with Crippen molar-refractivity contribution in [3.63, 3.8) is 0 Å². The van der Waals surface area contributed by atoms with E-state index >= 15 is 0 Å². The summed E-state index contributed by atoms with van der Waals surface area (Å²) in [6, 6.07) is 7.78. The molecule has 4 heteroatoms. The lowest BCUT2D eigenvalue weighted by atomic mass is 10.1. The summed E-state index contributed by atoms with van der Waals surface area (Å²) in [5, 5.41) is 4.28. The number of aryl methyl sites for hydroxylation is 1. The third-order valence-corrected chi connectivity index (χ3v) is 3.08. The van der Waals surface area contributed by atoms with E-state index in [0.717, 1.165) is 11.3 Å². The maximum absolute atomic E-state index is 11.7. The van der Waals surface area contributed by atoms with Crippen molar-refractivity contribution in [3.05, 3.63) is 46.8 Å². The van der Waals surface area contributed by atoms with Crippen molar-refractivity contribution >= 4 is 11.6 Å². The summed E-state index contributed by atoms with van der Waals surface area (Å²) in [6.07, 6.45) is 0. The van der Waals surface area contributed by atoms with Crippen molar-refractivity contribution in [2.75, 3.05) is 0 Å². The summed E-state index contributed by atoms with van der Waals surface area (Å²) >= 11 is 0. The third kappa shape index (κ3) is 2.34. The van der Waals surface area contributed by atoms with Crippen LogP contribution in [0, 0.1) is 13.8 Å². The lowest BCUT2D eigenvalue weighted by Crippen LogP contribution is -2.02. The van der Waals surface area contributed by atoms with Crippen LogP contribution >= 0.6 is 0 Å². The molecule has 0 saturated heterocycles. The largest absolute Gasteiger partial charge is 0.294 e. The van der Waals surface area contributed by atoms with E-state index in [0.29, 0.717) is 11.3 Å². The predicted molar refractivity (Wildman–Crippen MR) is 73.0 cm³/mol. The molecule has 0 spiro atoms. The van der Waals surface area contributed by atoms with Gasteiger partial charge in [-0.1, -0.05) is 17.7 Å². The highest BCUT2D eigenvalue weighted by Crippen LogP contribution is 2.19. The van der Waals surface area contributed by atoms with Crippen LogP contribution in [0.2, 0.25) is 0 Å². The molecule has 19 heavy (non-hydrogen) atoms. The summed E-state index contributed by atoms with van der Waals surface area (Å²) < 4.78 is 1.65. The molecule has 1 heterocycles. The van der Waals surface area contributed by atoms with Gasteiger partial charge in [0, 0.05) is 6.92 Å². The second-order valence-electron chi connectivity index (χ2n) is 4.67. The van der Waals surface area contributed by atoms with Gasteiger partial charge < -0.3 is 0 Å². The van der Waals surface area contributed by atoms with Crippen LogP contribution in [0.3, 0.4) is 0 Å². The Morgan fingerprint density at radius 3 is 2.00 bits per heavy atom. The second kappa shape index (κ2) is 4.80. The van der Waals surface area contributed by atoms with Gasteiger partial charge >= 0.3 is 0 Å². The Morgan fingerprint density at radius 2 is 1.58 bits per heavy atom. The number of benzene rings is 1. The van der Waals surface area contributed by atoms with Crippen molar-refractivity contribution < 1.29 is 9.59 Å². The fourth-order valence-corrected chi connectivity index (χ4v) is 2.11. The van der Waals surface area contributed by atoms with Crippen molar-refractivity contribution in [1.82, 2.24) is 9.78 Å². The van der Waals surface area contributed by atoms with Crippen LogP contribution in [0.4, 0.5) is 0 Å². The standard InChI is InChI=1S/C15H16N2O2/c1-9-5-7-13(8-6-9)17-10(2)14(11(3)18)15(16-17)12(4)19/h5-8H,1-4H3. The van der Waals surface area contributed by atoms with Gasteiger partial charge in [-0.2, -0.15) is 5.10 Å². The predicted octanol–water partition coefficient (Wildman–Crippen LogP) is 2.89. The summed E-state index contributed by atoms with van der Waals surface area (Å²) in [5.74, 6) is -0.333. The van der Waals surface area contributed by atoms with Gasteiger partial charge in [0.15, 0.2) is 11.6 Å². The smallest absolute Gasteiger partial charge is 0.180 e. The maximum atomic E-state index is 11.7. The number of aromatic nitrogens is 2. The van der Waals surface area contributed by atoms with Crippen LogP contribution in [-0.4, -0.2) is 21.3 Å². The van der Waals surface area contributed by atoms with Crippen LogP contribution in [0.5, 0.6) is 0 Å². The normalized spacial score (nSPS) is 10.5. The van der Waals surface area contributed by atoms with Gasteiger partial charge in [0.05, 0.1) is 16.9 Å². The van der Waals surface area contributed by atoms with Gasteiger partial charge in [-0.25, -0.2) is 4.68 Å². The molecule has 0 fully saturated rings. The summed E-state index contributed by atoms with van der Waals surface area (Å²) in [6.45, 7) is 6.68. The first kappa shape index (κ1) is 13.2. The molecule has 0 radical (unpaired) electrons. The molecule has 2 rings (SSSR count). The number of carbonyl (C=O) groups excluding carboxylic acids is 2. The Morgan fingerprint density at radius 1 is 1.00 bits per heavy atom. The van der Waals surface area contributed by atoms with Crippen molar-refractivity contribution in [2.24, 2.45) is 0 Å². The number of ketones is 2. The van der Waals surface area contributed by atoms with Crippen LogP contribution in [-0.2, 0) is 0 Å². The van der Waals surface area contributed by atoms with Crippen molar-refractivity contribution in [3.8, 4) is 5.69 Å². The van der Waals surface area contributed by atoms with E-state index < -0.39 is 0 Å². The van der Waals surface area contributed by atoms with E-state index in [1.54, 1.807) is 11.6 Å². The second-order valence-corrected chi connectivity index (χ2v) is 4.67. The topological polar surface area (TPSA) is 52.0 Å². The van der Waals surface area contributed by atoms with Crippen LogP contribution in [0.1, 0.15) is 46.0 Å². The first-order valence-electron chi connectivity index (χ1n) is 6.10. The molecule has 1 aromatic heterocycles. The quantitative estimate of drug-likeness (QED) is 0.793. The van der Waals surface area contributed by atoms with Gasteiger partial charge in [0.2, 0.25) is 0 Å². The average molecular weight is 256 g/mol. The number of Topliss-reactive ketones (excluding diaryl/α,β-unsaturated/α-hetero) is 2. The number of carbonyl (C=O) groups is 2. The maximum Gasteiger partial charge on any atom is 0.180 e. The van der Waals surface area contributed by atoms with E-state index in [4.69, 9.17) is 0 Å². The van der Waals surface area contributed by atoms with E-state index in [1.807, 2.05) is 31.2 Å². The molecule has 0 aliphatic rings. The molecule has 0 atom stereocenters. The van der Waals surface area contributed by atoms with Crippen LogP contribution in [0.25, 0.3) is 5.69 Å². The molecule has 0 unspecified atom stereocenters. The highest BCUT2D eigenvalue weighted by Gasteiger charge is 2.21. The molecule has 0 aliphatic carbocycles. The summed E-state index contributed by atoms with van der Waals surface area (Å²) in [5.41, 5.74) is 3.34. The lowest BCUT2D eigenvalue weighted by Gasteiger charge is -2.04. The highest BCUT2D eigenvalue weighted by atomic mass is 16.1. The molecular weight excluding hydrogens is 240 g/mol. The molecule has 0 N–H and O–H groups in total. The highest BCUT2D eigenvalue weighted by molar-refractivity contribution is 6.06. The first-order valence-corrected chi connectivity index (χ1v) is 6.10. The molecule has 0 saturated carbocycles. The van der Waals surface area contributed by atoms with Gasteiger partial charge in [0.25, 0.3) is 0 Å². The molecule has 98 valence electrons. The molecule has 4 nitrogen and oxygen atoms in total. The molecule has 0 bridgehead atoms. The van der Waals surface area contributed by atoms with Crippen molar-refractivity contribution in [2.45, 2.75) is 27.7 Å². The third-order valence-electron chi connectivity index (χ3n) is 3.08. The molecule has 0 aliphatic heterocycles. The van der Waals surface area contributed by atoms with Gasteiger partial charge in [0.1, 0.15) is 5.69 Å². The van der Waals surface area contributed by atoms with E-state index in [9.17, 15) is 9.59 Å². The first-order chi connectivity index (χ1) is 8.91. The summed E-state index contributed by atoms with van der Waals surface area (Å²) in [7, 11) is 0. The molecule has 0 amide bonds. The number of hydrogen-bond donors (Lipinski definition) is 0. The molecule has 1 aromatic carbocycles. The van der Waals surface area contributed by atoms with Gasteiger partial charge in [-0.15, -0.1) is 0 Å². The SMILES string of the molecule is CC(=O)c1nn(-c2ccc(C)cc2)c(C)c1C(C)=O. The fraction of sp³-hybridized carbons (Fsp3) is 0.267. The minimum atomic E-state index is -0.195. The number of hydrogen-bond acceptors (Lipinski definition) is 3. The minimum absolute atomic E-state index is 0.138. The summed E-state index contributed by atoms with van der Waals surface area (Å²) in [4.78, 5) is 23.3. The number of rotatable bonds is 3. The Hall–Kier alpha value is -2.23. The fourth-order valence-electron chi connectivity index (χ4n) is 2.11. The monoisotopic (exact) mass is 256 g/mol. The zero-order valence-electron chi connectivity index (χ0n) is 11.5. The zero-order valence-corrected chi connectivity index (χ0v) is 11.5. The zero-order chi connectivity index (χ0) is 14.2. The Kier molecular flexibility index (Phi) is 3.34. The van der Waals surface area contributed by atoms with E-state index in [1.165, 1.54) is 13.8 Å². The Balaban J connectivity index is 2.65. The van der Waals surface area contributed by atoms with Crippen LogP contribution in [0.15, 0.2) is 24.3 Å². The minimum Gasteiger partial charge on any atom is -0.294 e. The van der Waals surface area contributed by atoms with Gasteiger partial charge in [-0.3, -0.25) is 9.59 Å². The molecular formula is C15H16N2O2. The van der Waals surface area contributed by atoms with E-state index in [-0.39, 0.29) is 17.3 Å². The lowest BCUT2D eigenvalue weighted by molar-refractivity contribution is 0.0978. The average Bonchev–Trinajstić information content (AvgIpc) is 2.68. The van der Waals surface area contributed by atoms with Crippen molar-refractivity contribution in [1.29, 1.82) is 0 Å². The number of nitrogens with zero attached hydrogens (tertiary/aromatic N) is 2.